The van der Waals surface area contributed by atoms with Crippen molar-refractivity contribution < 1.29 is 4.79 Å². The van der Waals surface area contributed by atoms with Crippen molar-refractivity contribution in [3.63, 3.8) is 0 Å². The van der Waals surface area contributed by atoms with E-state index in [-0.39, 0.29) is 5.91 Å². The van der Waals surface area contributed by atoms with Crippen LogP contribution in [0.4, 0.5) is 0 Å². The molecule has 1 amide bonds. The predicted molar refractivity (Wildman–Crippen MR) is 78.6 cm³/mol. The van der Waals surface area contributed by atoms with Crippen LogP contribution in [0.15, 0.2) is 18.2 Å². The van der Waals surface area contributed by atoms with Crippen LogP contribution in [0, 0.1) is 19.8 Å². The first-order valence-corrected chi connectivity index (χ1v) is 7.25. The molecule has 0 radical (unpaired) electrons. The standard InChI is InChI=1S/C15H19N5O/c1-10-7-11(2)20-13(18-19-15(20)17-10)9-16-14(21)8-12-5-3-4-6-12/h3,5,7,12H,4,6,8-9H2,1-2H3,(H,16,21). The summed E-state index contributed by atoms with van der Waals surface area (Å²) >= 11 is 0. The highest BCUT2D eigenvalue weighted by molar-refractivity contribution is 5.76. The van der Waals surface area contributed by atoms with Gasteiger partial charge in [0.1, 0.15) is 0 Å². The van der Waals surface area contributed by atoms with Gasteiger partial charge in [-0.1, -0.05) is 12.2 Å². The Labute approximate surface area is 123 Å². The molecular weight excluding hydrogens is 266 g/mol. The number of carbonyl (C=O) groups excluding carboxylic acids is 1. The van der Waals surface area contributed by atoms with Crippen molar-refractivity contribution in [1.29, 1.82) is 0 Å². The normalized spacial score (nSPS) is 17.5. The van der Waals surface area contributed by atoms with Gasteiger partial charge in [0.15, 0.2) is 5.82 Å². The fraction of sp³-hybridized carbons (Fsp3) is 0.467. The summed E-state index contributed by atoms with van der Waals surface area (Å²) in [6.07, 6.45) is 6.97. The molecular formula is C15H19N5O. The number of carbonyl (C=O) groups is 1. The molecule has 0 saturated carbocycles. The predicted octanol–water partition coefficient (Wildman–Crippen LogP) is 1.71. The number of rotatable bonds is 4. The minimum atomic E-state index is 0.0565. The molecule has 1 N–H and O–H groups in total. The molecule has 0 aliphatic heterocycles. The Bertz CT molecular complexity index is 703. The number of fused-ring (bicyclic) bond motifs is 1. The average molecular weight is 285 g/mol. The summed E-state index contributed by atoms with van der Waals surface area (Å²) < 4.78 is 1.88. The van der Waals surface area contributed by atoms with E-state index in [1.807, 2.05) is 24.3 Å². The number of allylic oxidation sites excluding steroid dienone is 2. The first kappa shape index (κ1) is 13.7. The number of nitrogens with one attached hydrogen (secondary N) is 1. The van der Waals surface area contributed by atoms with E-state index in [0.717, 1.165) is 24.2 Å². The van der Waals surface area contributed by atoms with E-state index in [1.165, 1.54) is 0 Å². The van der Waals surface area contributed by atoms with Gasteiger partial charge in [0.05, 0.1) is 6.54 Å². The van der Waals surface area contributed by atoms with Crippen molar-refractivity contribution in [3.05, 3.63) is 35.4 Å². The van der Waals surface area contributed by atoms with Crippen LogP contribution in [0.1, 0.15) is 36.5 Å². The van der Waals surface area contributed by atoms with Gasteiger partial charge in [-0.05, 0) is 38.7 Å². The number of hydrogen-bond donors (Lipinski definition) is 1. The molecule has 1 atom stereocenters. The van der Waals surface area contributed by atoms with E-state index < -0.39 is 0 Å². The van der Waals surface area contributed by atoms with Crippen LogP contribution in [0.2, 0.25) is 0 Å². The molecule has 21 heavy (non-hydrogen) atoms. The highest BCUT2D eigenvalue weighted by Gasteiger charge is 2.15. The monoisotopic (exact) mass is 285 g/mol. The highest BCUT2D eigenvalue weighted by atomic mass is 16.1. The minimum Gasteiger partial charge on any atom is -0.349 e. The summed E-state index contributed by atoms with van der Waals surface area (Å²) in [6.45, 7) is 4.29. The molecule has 0 saturated heterocycles. The van der Waals surface area contributed by atoms with Gasteiger partial charge in [-0.2, -0.15) is 0 Å². The summed E-state index contributed by atoms with van der Waals surface area (Å²) in [5, 5.41) is 11.1. The molecule has 6 nitrogen and oxygen atoms in total. The first-order chi connectivity index (χ1) is 10.1. The Hall–Kier alpha value is -2.24. The van der Waals surface area contributed by atoms with Gasteiger partial charge in [0.25, 0.3) is 5.78 Å². The van der Waals surface area contributed by atoms with Crippen molar-refractivity contribution in [2.24, 2.45) is 5.92 Å². The van der Waals surface area contributed by atoms with Crippen molar-refractivity contribution in [2.75, 3.05) is 0 Å². The van der Waals surface area contributed by atoms with Crippen LogP contribution in [0.3, 0.4) is 0 Å². The molecule has 2 aromatic heterocycles. The number of aryl methyl sites for hydroxylation is 2. The van der Waals surface area contributed by atoms with E-state index in [0.29, 0.717) is 30.5 Å². The lowest BCUT2D eigenvalue weighted by Gasteiger charge is -2.08. The topological polar surface area (TPSA) is 72.2 Å². The van der Waals surface area contributed by atoms with Crippen molar-refractivity contribution in [1.82, 2.24) is 24.9 Å². The number of aromatic nitrogens is 4. The lowest BCUT2D eigenvalue weighted by atomic mass is 10.1. The molecule has 3 rings (SSSR count). The molecule has 2 aromatic rings. The fourth-order valence-electron chi connectivity index (χ4n) is 2.77. The van der Waals surface area contributed by atoms with Gasteiger partial charge in [0, 0.05) is 17.8 Å². The van der Waals surface area contributed by atoms with Crippen LogP contribution >= 0.6 is 0 Å². The van der Waals surface area contributed by atoms with Gasteiger partial charge in [-0.3, -0.25) is 9.20 Å². The summed E-state index contributed by atoms with van der Waals surface area (Å²) in [5.74, 6) is 1.73. The molecule has 110 valence electrons. The maximum atomic E-state index is 12.0. The Morgan fingerprint density at radius 1 is 1.43 bits per heavy atom. The third-order valence-electron chi connectivity index (χ3n) is 3.76. The second kappa shape index (κ2) is 5.63. The molecule has 6 heteroatoms. The molecule has 0 bridgehead atoms. The fourth-order valence-corrected chi connectivity index (χ4v) is 2.77. The molecule has 0 fully saturated rings. The summed E-state index contributed by atoms with van der Waals surface area (Å²) in [7, 11) is 0. The van der Waals surface area contributed by atoms with Crippen molar-refractivity contribution in [3.8, 4) is 0 Å². The zero-order valence-electron chi connectivity index (χ0n) is 12.3. The van der Waals surface area contributed by atoms with E-state index in [9.17, 15) is 4.79 Å². The molecule has 1 aliphatic carbocycles. The third-order valence-corrected chi connectivity index (χ3v) is 3.76. The molecule has 1 unspecified atom stereocenters. The second-order valence-electron chi connectivity index (χ2n) is 5.54. The Morgan fingerprint density at radius 3 is 3.05 bits per heavy atom. The van der Waals surface area contributed by atoms with Gasteiger partial charge in [0.2, 0.25) is 5.91 Å². The molecule has 1 aliphatic rings. The lowest BCUT2D eigenvalue weighted by molar-refractivity contribution is -0.121. The Morgan fingerprint density at radius 2 is 2.29 bits per heavy atom. The minimum absolute atomic E-state index is 0.0565. The number of hydrogen-bond acceptors (Lipinski definition) is 4. The maximum Gasteiger partial charge on any atom is 0.255 e. The molecule has 0 aromatic carbocycles. The summed E-state index contributed by atoms with van der Waals surface area (Å²) in [5.41, 5.74) is 1.93. The SMILES string of the molecule is Cc1cc(C)n2c(CNC(=O)CC3C=CCC3)nnc2n1. The van der Waals surface area contributed by atoms with Crippen LogP contribution < -0.4 is 5.32 Å². The van der Waals surface area contributed by atoms with Crippen LogP contribution in [0.25, 0.3) is 5.78 Å². The van der Waals surface area contributed by atoms with Crippen molar-refractivity contribution >= 4 is 11.7 Å². The number of amides is 1. The van der Waals surface area contributed by atoms with Crippen LogP contribution in [-0.4, -0.2) is 25.5 Å². The van der Waals surface area contributed by atoms with E-state index in [4.69, 9.17) is 0 Å². The van der Waals surface area contributed by atoms with E-state index in [2.05, 4.69) is 32.7 Å². The van der Waals surface area contributed by atoms with Gasteiger partial charge < -0.3 is 5.32 Å². The Balaban J connectivity index is 1.68. The zero-order valence-corrected chi connectivity index (χ0v) is 12.3. The molecule has 0 spiro atoms. The number of nitrogens with zero attached hydrogens (tertiary/aromatic N) is 4. The van der Waals surface area contributed by atoms with Gasteiger partial charge in [-0.25, -0.2) is 4.98 Å². The third kappa shape index (κ3) is 2.94. The summed E-state index contributed by atoms with van der Waals surface area (Å²) in [6, 6.07) is 1.98. The maximum absolute atomic E-state index is 12.0. The van der Waals surface area contributed by atoms with Gasteiger partial charge >= 0.3 is 0 Å². The zero-order chi connectivity index (χ0) is 14.8. The van der Waals surface area contributed by atoms with Crippen LogP contribution in [-0.2, 0) is 11.3 Å². The first-order valence-electron chi connectivity index (χ1n) is 7.25. The van der Waals surface area contributed by atoms with Gasteiger partial charge in [-0.15, -0.1) is 10.2 Å². The second-order valence-corrected chi connectivity index (χ2v) is 5.54. The molecule has 2 heterocycles. The largest absolute Gasteiger partial charge is 0.349 e. The quantitative estimate of drug-likeness (QED) is 0.868. The summed E-state index contributed by atoms with van der Waals surface area (Å²) in [4.78, 5) is 16.3. The van der Waals surface area contributed by atoms with E-state index in [1.54, 1.807) is 0 Å². The van der Waals surface area contributed by atoms with Crippen LogP contribution in [0.5, 0.6) is 0 Å². The van der Waals surface area contributed by atoms with E-state index >= 15 is 0 Å². The smallest absolute Gasteiger partial charge is 0.255 e. The Kier molecular flexibility index (Phi) is 3.68. The van der Waals surface area contributed by atoms with Crippen molar-refractivity contribution in [2.45, 2.75) is 39.7 Å². The average Bonchev–Trinajstić information content (AvgIpc) is 3.05. The highest BCUT2D eigenvalue weighted by Crippen LogP contribution is 2.20. The lowest BCUT2D eigenvalue weighted by Crippen LogP contribution is -2.25.